The molecule has 0 N–H and O–H groups in total. The van der Waals surface area contributed by atoms with E-state index < -0.39 is 5.82 Å². The molecule has 0 bridgehead atoms. The van der Waals surface area contributed by atoms with E-state index in [0.717, 1.165) is 6.20 Å². The molecule has 2 aromatic heterocycles. The van der Waals surface area contributed by atoms with Crippen molar-refractivity contribution in [2.45, 2.75) is 18.6 Å². The first-order chi connectivity index (χ1) is 10.4. The minimum absolute atomic E-state index is 0.000493. The van der Waals surface area contributed by atoms with Crippen molar-refractivity contribution in [3.8, 4) is 5.69 Å². The second-order valence-corrected chi connectivity index (χ2v) is 6.84. The summed E-state index contributed by atoms with van der Waals surface area (Å²) in [5.41, 5.74) is 1.12. The third-order valence-electron chi connectivity index (χ3n) is 3.21. The van der Waals surface area contributed by atoms with E-state index >= 15 is 0 Å². The lowest BCUT2D eigenvalue weighted by molar-refractivity contribution is -0.118. The van der Waals surface area contributed by atoms with Gasteiger partial charge in [-0.25, -0.2) is 9.07 Å². The molecule has 0 fully saturated rings. The van der Waals surface area contributed by atoms with E-state index in [2.05, 4.69) is 26.0 Å². The Morgan fingerprint density at radius 3 is 2.91 bits per heavy atom. The lowest BCUT2D eigenvalue weighted by Gasteiger charge is -2.17. The highest BCUT2D eigenvalue weighted by molar-refractivity contribution is 9.10. The minimum Gasteiger partial charge on any atom is -0.312 e. The van der Waals surface area contributed by atoms with Crippen molar-refractivity contribution in [3.63, 3.8) is 0 Å². The molecule has 1 atom stereocenters. The van der Waals surface area contributed by atoms with Gasteiger partial charge in [-0.2, -0.15) is 16.9 Å². The Labute approximate surface area is 141 Å². The monoisotopic (exact) mass is 386 g/mol. The summed E-state index contributed by atoms with van der Waals surface area (Å²) in [4.78, 5) is 17.6. The Kier molecular flexibility index (Phi) is 5.57. The third kappa shape index (κ3) is 3.86. The maximum atomic E-state index is 13.2. The molecule has 0 radical (unpaired) electrons. The quantitative estimate of drug-likeness (QED) is 0.790. The van der Waals surface area contributed by atoms with Crippen molar-refractivity contribution in [1.29, 1.82) is 0 Å². The van der Waals surface area contributed by atoms with Gasteiger partial charge in [-0.1, -0.05) is 6.92 Å². The molecule has 2 aromatic rings. The molecule has 0 saturated carbocycles. The standard InChI is InChI=1S/C14H16BrFN4OS/c1-9(22-3)4-13(21)19(2)12-8-20(18-14(12)15)11-5-10(16)6-17-7-11/h5-9H,4H2,1-3H3. The van der Waals surface area contributed by atoms with Crippen molar-refractivity contribution < 1.29 is 9.18 Å². The molecule has 5 nitrogen and oxygen atoms in total. The number of rotatable bonds is 5. The van der Waals surface area contributed by atoms with Gasteiger partial charge >= 0.3 is 0 Å². The molecule has 0 aliphatic rings. The van der Waals surface area contributed by atoms with Crippen LogP contribution in [0.25, 0.3) is 5.69 Å². The van der Waals surface area contributed by atoms with Crippen LogP contribution in [-0.4, -0.2) is 39.2 Å². The highest BCUT2D eigenvalue weighted by atomic mass is 79.9. The molecule has 0 saturated heterocycles. The van der Waals surface area contributed by atoms with Crippen LogP contribution in [0.4, 0.5) is 10.1 Å². The number of hydrogen-bond donors (Lipinski definition) is 0. The van der Waals surface area contributed by atoms with Crippen LogP contribution in [0.2, 0.25) is 0 Å². The maximum absolute atomic E-state index is 13.2. The number of thioether (sulfide) groups is 1. The lowest BCUT2D eigenvalue weighted by atomic mass is 10.3. The van der Waals surface area contributed by atoms with Crippen molar-refractivity contribution in [1.82, 2.24) is 14.8 Å². The number of nitrogens with zero attached hydrogens (tertiary/aromatic N) is 4. The van der Waals surface area contributed by atoms with E-state index in [1.165, 1.54) is 16.9 Å². The van der Waals surface area contributed by atoms with Crippen LogP contribution in [-0.2, 0) is 4.79 Å². The molecule has 0 aromatic carbocycles. The molecular formula is C14H16BrFN4OS. The first kappa shape index (κ1) is 17.0. The minimum atomic E-state index is -0.441. The van der Waals surface area contributed by atoms with Gasteiger partial charge < -0.3 is 4.90 Å². The summed E-state index contributed by atoms with van der Waals surface area (Å²) in [5, 5.41) is 4.50. The highest BCUT2D eigenvalue weighted by Crippen LogP contribution is 2.26. The molecule has 1 amide bonds. The lowest BCUT2D eigenvalue weighted by Crippen LogP contribution is -2.28. The summed E-state index contributed by atoms with van der Waals surface area (Å²) in [6, 6.07) is 1.33. The van der Waals surface area contributed by atoms with Gasteiger partial charge in [-0.3, -0.25) is 9.78 Å². The molecule has 2 rings (SSSR count). The Morgan fingerprint density at radius 2 is 2.27 bits per heavy atom. The molecule has 22 heavy (non-hydrogen) atoms. The number of pyridine rings is 1. The predicted octanol–water partition coefficient (Wildman–Crippen LogP) is 3.27. The van der Waals surface area contributed by atoms with E-state index in [4.69, 9.17) is 0 Å². The molecule has 0 aliphatic heterocycles. The van der Waals surface area contributed by atoms with E-state index in [-0.39, 0.29) is 11.2 Å². The summed E-state index contributed by atoms with van der Waals surface area (Å²) in [7, 11) is 1.70. The molecular weight excluding hydrogens is 371 g/mol. The summed E-state index contributed by atoms with van der Waals surface area (Å²) >= 11 is 4.98. The number of carbonyl (C=O) groups is 1. The number of hydrogen-bond acceptors (Lipinski definition) is 4. The van der Waals surface area contributed by atoms with Crippen molar-refractivity contribution in [2.24, 2.45) is 0 Å². The summed E-state index contributed by atoms with van der Waals surface area (Å²) in [6.07, 6.45) is 6.72. The summed E-state index contributed by atoms with van der Waals surface area (Å²) in [6.45, 7) is 2.01. The van der Waals surface area contributed by atoms with Gasteiger partial charge in [0.1, 0.15) is 5.82 Å². The fourth-order valence-electron chi connectivity index (χ4n) is 1.83. The fraction of sp³-hybridized carbons (Fsp3) is 0.357. The number of amides is 1. The zero-order valence-corrected chi connectivity index (χ0v) is 14.9. The van der Waals surface area contributed by atoms with Gasteiger partial charge in [0, 0.05) is 24.8 Å². The number of carbonyl (C=O) groups excluding carboxylic acids is 1. The fourth-order valence-corrected chi connectivity index (χ4v) is 2.68. The van der Waals surface area contributed by atoms with Crippen LogP contribution >= 0.6 is 27.7 Å². The van der Waals surface area contributed by atoms with E-state index in [9.17, 15) is 9.18 Å². The smallest absolute Gasteiger partial charge is 0.227 e. The largest absolute Gasteiger partial charge is 0.312 e. The van der Waals surface area contributed by atoms with Crippen molar-refractivity contribution in [3.05, 3.63) is 35.1 Å². The van der Waals surface area contributed by atoms with Gasteiger partial charge in [0.25, 0.3) is 0 Å². The highest BCUT2D eigenvalue weighted by Gasteiger charge is 2.19. The average molecular weight is 387 g/mol. The second kappa shape index (κ2) is 7.23. The van der Waals surface area contributed by atoms with Crippen LogP contribution in [0.5, 0.6) is 0 Å². The van der Waals surface area contributed by atoms with Crippen molar-refractivity contribution in [2.75, 3.05) is 18.2 Å². The van der Waals surface area contributed by atoms with Crippen LogP contribution in [0.3, 0.4) is 0 Å². The Balaban J connectivity index is 2.24. The Bertz CT molecular complexity index is 679. The van der Waals surface area contributed by atoms with Gasteiger partial charge in [-0.15, -0.1) is 0 Å². The SMILES string of the molecule is CSC(C)CC(=O)N(C)c1cn(-c2cncc(F)c2)nc1Br. The number of halogens is 2. The van der Waals surface area contributed by atoms with Crippen LogP contribution in [0.1, 0.15) is 13.3 Å². The molecule has 118 valence electrons. The molecule has 8 heteroatoms. The normalized spacial score (nSPS) is 12.2. The van der Waals surface area contributed by atoms with Crippen LogP contribution in [0, 0.1) is 5.82 Å². The number of aromatic nitrogens is 3. The van der Waals surface area contributed by atoms with Crippen molar-refractivity contribution >= 4 is 39.3 Å². The predicted molar refractivity (Wildman–Crippen MR) is 90.0 cm³/mol. The zero-order chi connectivity index (χ0) is 16.3. The van der Waals surface area contributed by atoms with Gasteiger partial charge in [-0.05, 0) is 22.2 Å². The number of anilines is 1. The first-order valence-electron chi connectivity index (χ1n) is 6.57. The van der Waals surface area contributed by atoms with E-state index in [1.807, 2.05) is 13.2 Å². The third-order valence-corrected chi connectivity index (χ3v) is 4.74. The topological polar surface area (TPSA) is 51.0 Å². The summed E-state index contributed by atoms with van der Waals surface area (Å²) in [5.74, 6) is -0.441. The maximum Gasteiger partial charge on any atom is 0.227 e. The molecule has 1 unspecified atom stereocenters. The second-order valence-electron chi connectivity index (χ2n) is 4.81. The van der Waals surface area contributed by atoms with E-state index in [1.54, 1.807) is 29.9 Å². The Morgan fingerprint density at radius 1 is 1.55 bits per heavy atom. The van der Waals surface area contributed by atoms with Crippen LogP contribution < -0.4 is 4.90 Å². The molecule has 2 heterocycles. The van der Waals surface area contributed by atoms with E-state index in [0.29, 0.717) is 22.4 Å². The van der Waals surface area contributed by atoms with Gasteiger partial charge in [0.05, 0.1) is 30.0 Å². The van der Waals surface area contributed by atoms with Gasteiger partial charge in [0.15, 0.2) is 4.60 Å². The van der Waals surface area contributed by atoms with Crippen LogP contribution in [0.15, 0.2) is 29.3 Å². The molecule has 0 aliphatic carbocycles. The average Bonchev–Trinajstić information content (AvgIpc) is 2.88. The zero-order valence-electron chi connectivity index (χ0n) is 12.5. The Hall–Kier alpha value is -1.41. The first-order valence-corrected chi connectivity index (χ1v) is 8.66. The summed E-state index contributed by atoms with van der Waals surface area (Å²) < 4.78 is 15.2. The van der Waals surface area contributed by atoms with Gasteiger partial charge in [0.2, 0.25) is 5.91 Å². The molecule has 0 spiro atoms.